The van der Waals surface area contributed by atoms with Gasteiger partial charge in [0.1, 0.15) is 5.82 Å². The third-order valence-corrected chi connectivity index (χ3v) is 3.93. The fourth-order valence-electron chi connectivity index (χ4n) is 2.60. The van der Waals surface area contributed by atoms with Crippen LogP contribution in [-0.2, 0) is 0 Å². The van der Waals surface area contributed by atoms with Crippen molar-refractivity contribution in [2.45, 2.75) is 18.9 Å². The summed E-state index contributed by atoms with van der Waals surface area (Å²) in [5.74, 6) is 0.941. The Kier molecular flexibility index (Phi) is 3.78. The molecule has 3 rings (SSSR count). The number of rotatable bonds is 2. The molecule has 5 heteroatoms. The summed E-state index contributed by atoms with van der Waals surface area (Å²) in [6.45, 7) is 2.11. The largest absolute Gasteiger partial charge is 0.328 e. The van der Waals surface area contributed by atoms with Crippen LogP contribution < -0.4 is 5.32 Å². The van der Waals surface area contributed by atoms with Crippen LogP contribution in [0.4, 0.5) is 0 Å². The van der Waals surface area contributed by atoms with E-state index in [1.807, 2.05) is 24.5 Å². The molecule has 100 valence electrons. The lowest BCUT2D eigenvalue weighted by Crippen LogP contribution is -2.29. The highest BCUT2D eigenvalue weighted by molar-refractivity contribution is 6.35. The summed E-state index contributed by atoms with van der Waals surface area (Å²) in [4.78, 5) is 4.47. The molecule has 0 radical (unpaired) electrons. The van der Waals surface area contributed by atoms with Crippen molar-refractivity contribution in [3.63, 3.8) is 0 Å². The minimum absolute atomic E-state index is 0.497. The molecule has 1 aromatic carbocycles. The van der Waals surface area contributed by atoms with Gasteiger partial charge in [-0.2, -0.15) is 0 Å². The molecule has 0 spiro atoms. The molecular formula is C14H15Cl2N3. The molecule has 2 heterocycles. The van der Waals surface area contributed by atoms with Gasteiger partial charge in [0.05, 0.1) is 0 Å². The molecule has 0 bridgehead atoms. The Hall–Kier alpha value is -1.03. The lowest BCUT2D eigenvalue weighted by molar-refractivity contribution is 0.370. The second-order valence-corrected chi connectivity index (χ2v) is 5.67. The highest BCUT2D eigenvalue weighted by Gasteiger charge is 2.18. The number of benzene rings is 1. The number of piperidine rings is 1. The SMILES string of the molecule is Clc1cc(Cl)cc(-c2nccn2C2CCNCC2)c1. The Morgan fingerprint density at radius 3 is 2.47 bits per heavy atom. The maximum atomic E-state index is 6.07. The first kappa shape index (κ1) is 13.0. The normalized spacial score (nSPS) is 16.7. The van der Waals surface area contributed by atoms with Crippen LogP contribution in [0.5, 0.6) is 0 Å². The predicted molar refractivity (Wildman–Crippen MR) is 78.8 cm³/mol. The Morgan fingerprint density at radius 2 is 1.79 bits per heavy atom. The molecule has 1 N–H and O–H groups in total. The molecule has 1 aliphatic rings. The smallest absolute Gasteiger partial charge is 0.140 e. The number of nitrogens with one attached hydrogen (secondary N) is 1. The van der Waals surface area contributed by atoms with Gasteiger partial charge in [-0.05, 0) is 44.1 Å². The Balaban J connectivity index is 1.98. The average Bonchev–Trinajstić information content (AvgIpc) is 2.88. The fourth-order valence-corrected chi connectivity index (χ4v) is 3.13. The molecular weight excluding hydrogens is 281 g/mol. The summed E-state index contributed by atoms with van der Waals surface area (Å²) in [6.07, 6.45) is 6.13. The zero-order valence-corrected chi connectivity index (χ0v) is 12.0. The number of imidazole rings is 1. The Labute approximate surface area is 122 Å². The van der Waals surface area contributed by atoms with Gasteiger partial charge in [-0.1, -0.05) is 23.2 Å². The second-order valence-electron chi connectivity index (χ2n) is 4.80. The number of hydrogen-bond acceptors (Lipinski definition) is 2. The standard InChI is InChI=1S/C14H15Cl2N3/c15-11-7-10(8-12(16)9-11)14-18-5-6-19(14)13-1-3-17-4-2-13/h5-9,13,17H,1-4H2. The number of hydrogen-bond donors (Lipinski definition) is 1. The summed E-state index contributed by atoms with van der Waals surface area (Å²) < 4.78 is 2.24. The van der Waals surface area contributed by atoms with Crippen molar-refractivity contribution < 1.29 is 0 Å². The number of aromatic nitrogens is 2. The highest BCUT2D eigenvalue weighted by Crippen LogP contribution is 2.29. The van der Waals surface area contributed by atoms with E-state index >= 15 is 0 Å². The van der Waals surface area contributed by atoms with Gasteiger partial charge in [-0.25, -0.2) is 4.98 Å². The molecule has 0 saturated carbocycles. The van der Waals surface area contributed by atoms with Crippen molar-refractivity contribution >= 4 is 23.2 Å². The van der Waals surface area contributed by atoms with Gasteiger partial charge in [-0.3, -0.25) is 0 Å². The molecule has 0 atom stereocenters. The van der Waals surface area contributed by atoms with Crippen molar-refractivity contribution in [2.24, 2.45) is 0 Å². The monoisotopic (exact) mass is 295 g/mol. The van der Waals surface area contributed by atoms with Crippen LogP contribution >= 0.6 is 23.2 Å². The third kappa shape index (κ3) is 2.78. The molecule has 0 unspecified atom stereocenters. The molecule has 1 saturated heterocycles. The zero-order valence-electron chi connectivity index (χ0n) is 10.4. The van der Waals surface area contributed by atoms with Gasteiger partial charge >= 0.3 is 0 Å². The highest BCUT2D eigenvalue weighted by atomic mass is 35.5. The second kappa shape index (κ2) is 5.53. The summed E-state index contributed by atoms with van der Waals surface area (Å²) in [5, 5.41) is 4.66. The van der Waals surface area contributed by atoms with Gasteiger partial charge in [0.15, 0.2) is 0 Å². The van der Waals surface area contributed by atoms with E-state index in [1.54, 1.807) is 6.07 Å². The molecule has 1 aromatic heterocycles. The molecule has 1 aliphatic heterocycles. The van der Waals surface area contributed by atoms with Crippen molar-refractivity contribution in [1.29, 1.82) is 0 Å². The quantitative estimate of drug-likeness (QED) is 0.914. The fraction of sp³-hybridized carbons (Fsp3) is 0.357. The maximum Gasteiger partial charge on any atom is 0.140 e. The molecule has 2 aromatic rings. The van der Waals surface area contributed by atoms with Crippen LogP contribution in [-0.4, -0.2) is 22.6 Å². The first-order valence-corrected chi connectivity index (χ1v) is 7.19. The minimum Gasteiger partial charge on any atom is -0.328 e. The van der Waals surface area contributed by atoms with Gasteiger partial charge in [0, 0.05) is 34.0 Å². The molecule has 19 heavy (non-hydrogen) atoms. The van der Waals surface area contributed by atoms with Crippen LogP contribution in [0.3, 0.4) is 0 Å². The van der Waals surface area contributed by atoms with E-state index in [0.717, 1.165) is 37.3 Å². The van der Waals surface area contributed by atoms with Gasteiger partial charge in [-0.15, -0.1) is 0 Å². The molecule has 0 aliphatic carbocycles. The van der Waals surface area contributed by atoms with E-state index in [2.05, 4.69) is 14.9 Å². The summed E-state index contributed by atoms with van der Waals surface area (Å²) in [6, 6.07) is 6.06. The van der Waals surface area contributed by atoms with E-state index < -0.39 is 0 Å². The van der Waals surface area contributed by atoms with E-state index in [1.165, 1.54) is 0 Å². The number of nitrogens with zero attached hydrogens (tertiary/aromatic N) is 2. The Morgan fingerprint density at radius 1 is 1.11 bits per heavy atom. The van der Waals surface area contributed by atoms with Crippen LogP contribution in [0.1, 0.15) is 18.9 Å². The Bertz CT molecular complexity index is 554. The molecule has 0 amide bonds. The minimum atomic E-state index is 0.497. The van der Waals surface area contributed by atoms with Crippen LogP contribution in [0.15, 0.2) is 30.6 Å². The van der Waals surface area contributed by atoms with Gasteiger partial charge in [0.25, 0.3) is 0 Å². The van der Waals surface area contributed by atoms with Crippen molar-refractivity contribution in [3.05, 3.63) is 40.6 Å². The predicted octanol–water partition coefficient (Wildman–Crippen LogP) is 3.78. The summed E-state index contributed by atoms with van der Waals surface area (Å²) >= 11 is 12.1. The lowest BCUT2D eigenvalue weighted by Gasteiger charge is -2.25. The van der Waals surface area contributed by atoms with E-state index in [4.69, 9.17) is 23.2 Å². The average molecular weight is 296 g/mol. The lowest BCUT2D eigenvalue weighted by atomic mass is 10.1. The van der Waals surface area contributed by atoms with Crippen molar-refractivity contribution in [3.8, 4) is 11.4 Å². The van der Waals surface area contributed by atoms with E-state index in [0.29, 0.717) is 16.1 Å². The topological polar surface area (TPSA) is 29.9 Å². The van der Waals surface area contributed by atoms with Crippen LogP contribution in [0.25, 0.3) is 11.4 Å². The molecule has 1 fully saturated rings. The van der Waals surface area contributed by atoms with Gasteiger partial charge < -0.3 is 9.88 Å². The van der Waals surface area contributed by atoms with E-state index in [9.17, 15) is 0 Å². The van der Waals surface area contributed by atoms with E-state index in [-0.39, 0.29) is 0 Å². The van der Waals surface area contributed by atoms with Crippen molar-refractivity contribution in [1.82, 2.24) is 14.9 Å². The van der Waals surface area contributed by atoms with Gasteiger partial charge in [0.2, 0.25) is 0 Å². The summed E-state index contributed by atoms with van der Waals surface area (Å²) in [7, 11) is 0. The first-order valence-electron chi connectivity index (χ1n) is 6.44. The zero-order chi connectivity index (χ0) is 13.2. The third-order valence-electron chi connectivity index (χ3n) is 3.49. The van der Waals surface area contributed by atoms with Crippen molar-refractivity contribution in [2.75, 3.05) is 13.1 Å². The maximum absolute atomic E-state index is 6.07. The van der Waals surface area contributed by atoms with Crippen LogP contribution in [0.2, 0.25) is 10.0 Å². The number of halogens is 2. The summed E-state index contributed by atoms with van der Waals surface area (Å²) in [5.41, 5.74) is 0.973. The first-order chi connectivity index (χ1) is 9.24. The van der Waals surface area contributed by atoms with Crippen LogP contribution in [0, 0.1) is 0 Å². The molecule has 3 nitrogen and oxygen atoms in total.